The maximum atomic E-state index is 12.0. The second-order valence-corrected chi connectivity index (χ2v) is 19.6. The molecule has 1 aliphatic carbocycles. The van der Waals surface area contributed by atoms with E-state index in [2.05, 4.69) is 23.2 Å². The van der Waals surface area contributed by atoms with Crippen molar-refractivity contribution in [1.29, 1.82) is 0 Å². The van der Waals surface area contributed by atoms with Crippen molar-refractivity contribution < 1.29 is 53.5 Å². The third-order valence-electron chi connectivity index (χ3n) is 9.66. The molecular weight excluding hydrogens is 779 g/mol. The first-order chi connectivity index (χ1) is 25.1. The van der Waals surface area contributed by atoms with Crippen LogP contribution >= 0.6 is 12.0 Å². The molecule has 4 N–H and O–H groups in total. The fraction of sp³-hybridized carbons (Fsp3) is 0.405. The molecule has 0 spiro atoms. The van der Waals surface area contributed by atoms with Crippen molar-refractivity contribution in [3.05, 3.63) is 106 Å². The highest BCUT2D eigenvalue weighted by Crippen LogP contribution is 2.50. The number of unbranched alkanes of at least 4 members (excludes halogenated alkanes) is 2. The van der Waals surface area contributed by atoms with Gasteiger partial charge in [0.15, 0.2) is 0 Å². The molecule has 2 aromatic rings. The van der Waals surface area contributed by atoms with Crippen LogP contribution in [0.25, 0.3) is 5.57 Å². The predicted octanol–water partition coefficient (Wildman–Crippen LogP) is 7.87. The maximum absolute atomic E-state index is 12.0. The molecule has 0 bridgehead atoms. The highest BCUT2D eigenvalue weighted by atomic mass is 32.2. The molecule has 1 heterocycles. The number of hydrogen-bond acceptors (Lipinski definition) is 11. The molecule has 13 nitrogen and oxygen atoms in total. The van der Waals surface area contributed by atoms with Gasteiger partial charge in [0, 0.05) is 33.7 Å². The zero-order valence-electron chi connectivity index (χ0n) is 30.7. The molecule has 0 saturated heterocycles. The minimum Gasteiger partial charge on any atom is -0.344 e. The van der Waals surface area contributed by atoms with Gasteiger partial charge in [0.1, 0.15) is 0 Å². The molecule has 0 aromatic heterocycles. The van der Waals surface area contributed by atoms with Crippen molar-refractivity contribution >= 4 is 53.7 Å². The molecule has 1 aliphatic heterocycles. The molecule has 0 fully saturated rings. The normalized spacial score (nSPS) is 18.1. The first-order valence-electron chi connectivity index (χ1n) is 17.1. The van der Waals surface area contributed by atoms with E-state index in [1.165, 1.54) is 12.1 Å². The standard InChI is InChI=1S/C37H47NO12S4/c1-26(12-10-15-31-29(14-6-8-22-52(40,41)42)30-19-17-27(51-50-49-39)24-32(30)36(31,2)3)13-11-16-35-37(4,5)33-25-28(54(46,47)48)18-20-34(33)38(35)21-7-9-23-53(43,44)45/h10-13,15-20,24-25,39H,6-9,14,21-23H2,1-5H3,(H,40,41,42)(H,43,44,45)(H,46,47,48)/b13-11?,15-10?,26-12?,35-16+. The van der Waals surface area contributed by atoms with Gasteiger partial charge in [-0.3, -0.25) is 13.7 Å². The van der Waals surface area contributed by atoms with Crippen LogP contribution < -0.4 is 4.90 Å². The van der Waals surface area contributed by atoms with E-state index in [-0.39, 0.29) is 22.8 Å². The van der Waals surface area contributed by atoms with E-state index >= 15 is 0 Å². The zero-order chi connectivity index (χ0) is 40.1. The summed E-state index contributed by atoms with van der Waals surface area (Å²) in [6.07, 6.45) is 13.7. The van der Waals surface area contributed by atoms with Crippen molar-refractivity contribution in [2.45, 2.75) is 87.3 Å². The van der Waals surface area contributed by atoms with Gasteiger partial charge >= 0.3 is 0 Å². The van der Waals surface area contributed by atoms with Crippen LogP contribution in [0.5, 0.6) is 0 Å². The van der Waals surface area contributed by atoms with Gasteiger partial charge in [0.25, 0.3) is 30.4 Å². The number of benzene rings is 2. The SMILES string of the molecule is CC(C=C/C=C1/N(CCCCS(=O)(=O)O)c2ccc(S(=O)(=O)O)cc2C1(C)C)=CC=CC1=C(CCCCS(=O)(=O)O)c2ccc(SOOO)cc2C1(C)C. The highest BCUT2D eigenvalue weighted by Gasteiger charge is 2.40. The summed E-state index contributed by atoms with van der Waals surface area (Å²) in [7, 11) is -12.6. The van der Waals surface area contributed by atoms with Gasteiger partial charge in [-0.1, -0.05) is 74.8 Å². The Kier molecular flexibility index (Phi) is 14.0. The van der Waals surface area contributed by atoms with Crippen LogP contribution in [0, 0.1) is 0 Å². The molecule has 0 atom stereocenters. The molecule has 0 amide bonds. The summed E-state index contributed by atoms with van der Waals surface area (Å²) in [4.78, 5) is 2.48. The summed E-state index contributed by atoms with van der Waals surface area (Å²) in [5, 5.41) is 12.4. The van der Waals surface area contributed by atoms with Crippen molar-refractivity contribution in [3.63, 3.8) is 0 Å². The van der Waals surface area contributed by atoms with Crippen LogP contribution in [0.2, 0.25) is 0 Å². The first-order valence-corrected chi connectivity index (χ1v) is 22.5. The average Bonchev–Trinajstić information content (AvgIpc) is 3.40. The molecule has 54 heavy (non-hydrogen) atoms. The van der Waals surface area contributed by atoms with Gasteiger partial charge < -0.3 is 4.90 Å². The third kappa shape index (κ3) is 11.0. The summed E-state index contributed by atoms with van der Waals surface area (Å²) < 4.78 is 102. The van der Waals surface area contributed by atoms with Gasteiger partial charge in [-0.15, -0.1) is 4.33 Å². The van der Waals surface area contributed by atoms with E-state index in [9.17, 15) is 38.9 Å². The topological polar surface area (TPSA) is 205 Å². The lowest BCUT2D eigenvalue weighted by Crippen LogP contribution is -2.27. The Morgan fingerprint density at radius 2 is 1.50 bits per heavy atom. The molecule has 0 saturated carbocycles. The second kappa shape index (κ2) is 17.4. The van der Waals surface area contributed by atoms with E-state index in [1.54, 1.807) is 6.07 Å². The van der Waals surface area contributed by atoms with E-state index in [1.807, 2.05) is 80.3 Å². The largest absolute Gasteiger partial charge is 0.344 e. The van der Waals surface area contributed by atoms with E-state index < -0.39 is 41.2 Å². The highest BCUT2D eigenvalue weighted by molar-refractivity contribution is 7.94. The van der Waals surface area contributed by atoms with Crippen LogP contribution in [0.3, 0.4) is 0 Å². The Morgan fingerprint density at radius 3 is 2.13 bits per heavy atom. The summed E-state index contributed by atoms with van der Waals surface area (Å²) in [5.41, 5.74) is 6.18. The Morgan fingerprint density at radius 1 is 0.833 bits per heavy atom. The minimum atomic E-state index is -4.45. The fourth-order valence-corrected chi connectivity index (χ4v) is 9.04. The van der Waals surface area contributed by atoms with Crippen molar-refractivity contribution in [2.75, 3.05) is 23.0 Å². The lowest BCUT2D eigenvalue weighted by atomic mass is 9.81. The number of nitrogens with zero attached hydrogens (tertiary/aromatic N) is 1. The lowest BCUT2D eigenvalue weighted by Gasteiger charge is -2.27. The summed E-state index contributed by atoms with van der Waals surface area (Å²) in [6.45, 7) is 10.4. The Bertz CT molecular complexity index is 2220. The molecule has 2 aromatic carbocycles. The Hall–Kier alpha value is -3.10. The van der Waals surface area contributed by atoms with E-state index in [0.29, 0.717) is 42.7 Å². The van der Waals surface area contributed by atoms with Crippen molar-refractivity contribution in [1.82, 2.24) is 0 Å². The van der Waals surface area contributed by atoms with Crippen LogP contribution in [0.1, 0.15) is 83.4 Å². The van der Waals surface area contributed by atoms with E-state index in [0.717, 1.165) is 51.3 Å². The number of anilines is 1. The molecule has 296 valence electrons. The lowest BCUT2D eigenvalue weighted by molar-refractivity contribution is -0.432. The van der Waals surface area contributed by atoms with E-state index in [4.69, 9.17) is 5.26 Å². The predicted molar refractivity (Wildman–Crippen MR) is 210 cm³/mol. The van der Waals surface area contributed by atoms with Crippen LogP contribution in [0.4, 0.5) is 5.69 Å². The molecular formula is C37H47NO12S4. The summed E-state index contributed by atoms with van der Waals surface area (Å²) in [6, 6.07) is 10.2. The monoisotopic (exact) mass is 825 g/mol. The maximum Gasteiger partial charge on any atom is 0.294 e. The molecule has 0 radical (unpaired) electrons. The number of allylic oxidation sites excluding steroid dienone is 10. The number of rotatable bonds is 18. The smallest absolute Gasteiger partial charge is 0.294 e. The molecule has 0 unspecified atom stereocenters. The van der Waals surface area contributed by atoms with Gasteiger partial charge in [-0.05, 0) is 103 Å². The summed E-state index contributed by atoms with van der Waals surface area (Å²) in [5.74, 6) is -0.693. The van der Waals surface area contributed by atoms with Gasteiger partial charge in [0.2, 0.25) is 0 Å². The zero-order valence-corrected chi connectivity index (χ0v) is 34.0. The number of hydrogen-bond donors (Lipinski definition) is 4. The quantitative estimate of drug-likeness (QED) is 0.0282. The summed E-state index contributed by atoms with van der Waals surface area (Å²) >= 11 is 0.862. The molecule has 2 aliphatic rings. The van der Waals surface area contributed by atoms with Crippen LogP contribution in [0.15, 0.2) is 99.5 Å². The average molecular weight is 826 g/mol. The Labute approximate surface area is 322 Å². The second-order valence-electron chi connectivity index (χ2n) is 14.3. The van der Waals surface area contributed by atoms with Gasteiger partial charge in [-0.25, -0.2) is 5.26 Å². The van der Waals surface area contributed by atoms with Crippen molar-refractivity contribution in [3.8, 4) is 0 Å². The third-order valence-corrected chi connectivity index (χ3v) is 12.7. The minimum absolute atomic E-state index is 0.224. The first kappa shape index (κ1) is 43.6. The fourth-order valence-electron chi connectivity index (χ4n) is 6.99. The molecule has 4 rings (SSSR count). The Balaban J connectivity index is 1.62. The van der Waals surface area contributed by atoms with Crippen molar-refractivity contribution in [2.24, 2.45) is 0 Å². The van der Waals surface area contributed by atoms with Crippen LogP contribution in [-0.4, -0.2) is 62.2 Å². The van der Waals surface area contributed by atoms with Gasteiger partial charge in [0.05, 0.1) is 28.4 Å². The molecule has 17 heteroatoms. The van der Waals surface area contributed by atoms with Crippen LogP contribution in [-0.2, 0) is 50.6 Å². The van der Waals surface area contributed by atoms with Gasteiger partial charge in [-0.2, -0.15) is 25.3 Å². The number of fused-ring (bicyclic) bond motifs is 2.